The van der Waals surface area contributed by atoms with E-state index < -0.39 is 0 Å². The molecule has 0 spiro atoms. The van der Waals surface area contributed by atoms with Crippen molar-refractivity contribution in [2.75, 3.05) is 19.6 Å². The second-order valence-corrected chi connectivity index (χ2v) is 6.10. The lowest BCUT2D eigenvalue weighted by atomic mass is 9.96. The Bertz CT molecular complexity index is 144. The Morgan fingerprint density at radius 1 is 1.38 bits per heavy atom. The van der Waals surface area contributed by atoms with Gasteiger partial charge in [0.15, 0.2) is 0 Å². The van der Waals surface area contributed by atoms with Gasteiger partial charge in [0.2, 0.25) is 0 Å². The molecule has 3 heteroatoms. The molecule has 0 saturated carbocycles. The van der Waals surface area contributed by atoms with Crippen LogP contribution in [0, 0.1) is 11.8 Å². The van der Waals surface area contributed by atoms with Crippen LogP contribution in [0.1, 0.15) is 27.2 Å². The highest BCUT2D eigenvalue weighted by atomic mass is 33.1. The van der Waals surface area contributed by atoms with Crippen LogP contribution in [0.2, 0.25) is 0 Å². The predicted octanol–water partition coefficient (Wildman–Crippen LogP) is 2.93. The smallest absolute Gasteiger partial charge is 0.0173 e. The summed E-state index contributed by atoms with van der Waals surface area (Å²) in [6, 6.07) is 0. The van der Waals surface area contributed by atoms with Gasteiger partial charge in [0.1, 0.15) is 0 Å². The van der Waals surface area contributed by atoms with Gasteiger partial charge < -0.3 is 4.90 Å². The predicted molar refractivity (Wildman–Crippen MR) is 65.4 cm³/mol. The average molecular weight is 219 g/mol. The normalized spacial score (nSPS) is 21.9. The second-order valence-electron chi connectivity index (χ2n) is 4.51. The molecule has 0 amide bonds. The maximum Gasteiger partial charge on any atom is 0.0173 e. The minimum atomic E-state index is 0.721. The molecule has 1 aliphatic heterocycles. The van der Waals surface area contributed by atoms with Gasteiger partial charge in [-0.15, -0.1) is 11.7 Å². The van der Waals surface area contributed by atoms with Gasteiger partial charge in [-0.2, -0.15) is 0 Å². The lowest BCUT2D eigenvalue weighted by Gasteiger charge is -2.42. The molecule has 0 aromatic carbocycles. The van der Waals surface area contributed by atoms with E-state index in [-0.39, 0.29) is 0 Å². The SMILES string of the molecule is CC(C)CCN1CC(C(C)SS)C1. The Labute approximate surface area is 91.5 Å². The molecule has 1 fully saturated rings. The van der Waals surface area contributed by atoms with E-state index in [0.29, 0.717) is 0 Å². The number of hydrogen-bond acceptors (Lipinski definition) is 3. The Balaban J connectivity index is 2.05. The largest absolute Gasteiger partial charge is 0.303 e. The van der Waals surface area contributed by atoms with Crippen LogP contribution in [0.3, 0.4) is 0 Å². The van der Waals surface area contributed by atoms with Crippen molar-refractivity contribution in [2.24, 2.45) is 11.8 Å². The van der Waals surface area contributed by atoms with E-state index in [4.69, 9.17) is 0 Å². The third-order valence-electron chi connectivity index (χ3n) is 2.84. The van der Waals surface area contributed by atoms with E-state index in [1.165, 1.54) is 26.1 Å². The van der Waals surface area contributed by atoms with E-state index in [1.807, 2.05) is 0 Å². The van der Waals surface area contributed by atoms with Gasteiger partial charge in [0.25, 0.3) is 0 Å². The summed E-state index contributed by atoms with van der Waals surface area (Å²) in [4.78, 5) is 2.56. The molecule has 1 heterocycles. The van der Waals surface area contributed by atoms with Gasteiger partial charge in [-0.3, -0.25) is 0 Å². The summed E-state index contributed by atoms with van der Waals surface area (Å²) < 4.78 is 0. The molecule has 13 heavy (non-hydrogen) atoms. The summed E-state index contributed by atoms with van der Waals surface area (Å²) >= 11 is 4.26. The van der Waals surface area contributed by atoms with Crippen molar-refractivity contribution in [2.45, 2.75) is 32.4 Å². The number of likely N-dealkylation sites (tertiary alicyclic amines) is 1. The van der Waals surface area contributed by atoms with E-state index in [9.17, 15) is 0 Å². The third-order valence-corrected chi connectivity index (χ3v) is 4.55. The van der Waals surface area contributed by atoms with Gasteiger partial charge in [-0.25, -0.2) is 0 Å². The van der Waals surface area contributed by atoms with Gasteiger partial charge in [-0.1, -0.05) is 31.6 Å². The summed E-state index contributed by atoms with van der Waals surface area (Å²) in [5.41, 5.74) is 0. The molecule has 0 aliphatic carbocycles. The maximum absolute atomic E-state index is 4.26. The minimum Gasteiger partial charge on any atom is -0.303 e. The van der Waals surface area contributed by atoms with Crippen molar-refractivity contribution >= 4 is 22.5 Å². The van der Waals surface area contributed by atoms with Crippen molar-refractivity contribution in [3.05, 3.63) is 0 Å². The van der Waals surface area contributed by atoms with Gasteiger partial charge >= 0.3 is 0 Å². The molecule has 0 aromatic heterocycles. The van der Waals surface area contributed by atoms with E-state index in [0.717, 1.165) is 17.1 Å². The van der Waals surface area contributed by atoms with E-state index in [1.54, 1.807) is 10.8 Å². The summed E-state index contributed by atoms with van der Waals surface area (Å²) in [6.45, 7) is 10.7. The summed E-state index contributed by atoms with van der Waals surface area (Å²) in [5.74, 6) is 1.73. The number of nitrogens with zero attached hydrogens (tertiary/aromatic N) is 1. The quantitative estimate of drug-likeness (QED) is 0.559. The first-order valence-corrected chi connectivity index (χ1v) is 7.09. The van der Waals surface area contributed by atoms with Crippen LogP contribution >= 0.6 is 22.5 Å². The first-order chi connectivity index (χ1) is 6.13. The van der Waals surface area contributed by atoms with Crippen LogP contribution in [-0.2, 0) is 0 Å². The second kappa shape index (κ2) is 5.52. The Hall–Kier alpha value is 0.660. The Morgan fingerprint density at radius 3 is 2.46 bits per heavy atom. The highest BCUT2D eigenvalue weighted by Crippen LogP contribution is 2.29. The fraction of sp³-hybridized carbons (Fsp3) is 1.00. The van der Waals surface area contributed by atoms with Crippen LogP contribution < -0.4 is 0 Å². The van der Waals surface area contributed by atoms with Crippen molar-refractivity contribution in [3.8, 4) is 0 Å². The molecule has 1 atom stereocenters. The number of rotatable bonds is 5. The molecule has 0 N–H and O–H groups in total. The molecule has 0 bridgehead atoms. The van der Waals surface area contributed by atoms with Gasteiger partial charge in [-0.05, 0) is 24.8 Å². The van der Waals surface area contributed by atoms with Gasteiger partial charge in [0, 0.05) is 18.3 Å². The standard InChI is InChI=1S/C10H21NS2/c1-8(2)4-5-11-6-10(7-11)9(3)13-12/h8-10,12H,4-7H2,1-3H3. The number of hydrogen-bond donors (Lipinski definition) is 1. The van der Waals surface area contributed by atoms with Crippen LogP contribution in [0.5, 0.6) is 0 Å². The monoisotopic (exact) mass is 219 g/mol. The lowest BCUT2D eigenvalue weighted by molar-refractivity contribution is 0.0962. The molecule has 0 radical (unpaired) electrons. The highest BCUT2D eigenvalue weighted by molar-refractivity contribution is 8.68. The fourth-order valence-corrected chi connectivity index (χ4v) is 2.48. The van der Waals surface area contributed by atoms with Crippen molar-refractivity contribution < 1.29 is 0 Å². The topological polar surface area (TPSA) is 3.24 Å². The molecule has 1 unspecified atom stereocenters. The zero-order chi connectivity index (χ0) is 9.84. The molecular weight excluding hydrogens is 198 g/mol. The molecular formula is C10H21NS2. The summed E-state index contributed by atoms with van der Waals surface area (Å²) in [6.07, 6.45) is 1.34. The lowest BCUT2D eigenvalue weighted by Crippen LogP contribution is -2.50. The number of thiol groups is 1. The fourth-order valence-electron chi connectivity index (χ4n) is 1.62. The highest BCUT2D eigenvalue weighted by Gasteiger charge is 2.30. The zero-order valence-corrected chi connectivity index (χ0v) is 10.6. The molecule has 1 aliphatic rings. The minimum absolute atomic E-state index is 0.721. The average Bonchev–Trinajstić information content (AvgIpc) is 2.00. The first-order valence-electron chi connectivity index (χ1n) is 5.16. The maximum atomic E-state index is 4.26. The summed E-state index contributed by atoms with van der Waals surface area (Å²) in [7, 11) is 1.70. The van der Waals surface area contributed by atoms with Crippen LogP contribution in [-0.4, -0.2) is 29.8 Å². The Morgan fingerprint density at radius 2 is 2.00 bits per heavy atom. The van der Waals surface area contributed by atoms with Crippen molar-refractivity contribution in [1.29, 1.82) is 0 Å². The zero-order valence-electron chi connectivity index (χ0n) is 8.86. The molecule has 1 saturated heterocycles. The molecule has 1 rings (SSSR count). The summed E-state index contributed by atoms with van der Waals surface area (Å²) in [5, 5.41) is 0.721. The molecule has 1 nitrogen and oxygen atoms in total. The van der Waals surface area contributed by atoms with Crippen LogP contribution in [0.25, 0.3) is 0 Å². The molecule has 78 valence electrons. The Kier molecular flexibility index (Phi) is 4.98. The van der Waals surface area contributed by atoms with E-state index >= 15 is 0 Å². The van der Waals surface area contributed by atoms with Gasteiger partial charge in [0.05, 0.1) is 0 Å². The first kappa shape index (κ1) is 11.7. The molecule has 0 aromatic rings. The van der Waals surface area contributed by atoms with Crippen molar-refractivity contribution in [1.82, 2.24) is 4.90 Å². The third kappa shape index (κ3) is 3.72. The van der Waals surface area contributed by atoms with Crippen LogP contribution in [0.15, 0.2) is 0 Å². The van der Waals surface area contributed by atoms with E-state index in [2.05, 4.69) is 37.3 Å². The van der Waals surface area contributed by atoms with Crippen molar-refractivity contribution in [3.63, 3.8) is 0 Å². The van der Waals surface area contributed by atoms with Crippen LogP contribution in [0.4, 0.5) is 0 Å².